The van der Waals surface area contributed by atoms with Crippen molar-refractivity contribution in [3.8, 4) is 16.9 Å². The summed E-state index contributed by atoms with van der Waals surface area (Å²) in [6.07, 6.45) is 2.50. The summed E-state index contributed by atoms with van der Waals surface area (Å²) in [7, 11) is 0. The first-order valence-electron chi connectivity index (χ1n) is 10.9. The van der Waals surface area contributed by atoms with E-state index in [1.54, 1.807) is 0 Å². The molecule has 32 heavy (non-hydrogen) atoms. The first-order chi connectivity index (χ1) is 15.7. The zero-order chi connectivity index (χ0) is 21.9. The van der Waals surface area contributed by atoms with Crippen LogP contribution >= 0.6 is 0 Å². The number of amidine groups is 1. The van der Waals surface area contributed by atoms with Crippen molar-refractivity contribution in [3.63, 3.8) is 0 Å². The monoisotopic (exact) mass is 423 g/mol. The molecule has 2 heterocycles. The van der Waals surface area contributed by atoms with Crippen molar-refractivity contribution in [1.82, 2.24) is 5.32 Å². The fourth-order valence-electron chi connectivity index (χ4n) is 4.08. The molecule has 0 spiro atoms. The lowest BCUT2D eigenvalue weighted by atomic mass is 9.97. The van der Waals surface area contributed by atoms with Gasteiger partial charge >= 0.3 is 0 Å². The Balaban J connectivity index is 1.38. The second kappa shape index (κ2) is 8.71. The van der Waals surface area contributed by atoms with Crippen molar-refractivity contribution < 1.29 is 9.53 Å². The minimum Gasteiger partial charge on any atom is -0.493 e. The van der Waals surface area contributed by atoms with E-state index in [0.717, 1.165) is 47.1 Å². The number of hydrogen-bond donors (Lipinski definition) is 2. The predicted molar refractivity (Wildman–Crippen MR) is 129 cm³/mol. The Kier molecular flexibility index (Phi) is 5.46. The zero-order valence-electron chi connectivity index (χ0n) is 18.0. The molecule has 160 valence electrons. The van der Waals surface area contributed by atoms with E-state index in [-0.39, 0.29) is 5.91 Å². The molecule has 2 aliphatic heterocycles. The first kappa shape index (κ1) is 20.1. The summed E-state index contributed by atoms with van der Waals surface area (Å²) in [6, 6.07) is 22.2. The van der Waals surface area contributed by atoms with Gasteiger partial charge in [-0.1, -0.05) is 30.3 Å². The number of nitrogens with zero attached hydrogens (tertiary/aromatic N) is 1. The smallest absolute Gasteiger partial charge is 0.251 e. The van der Waals surface area contributed by atoms with Gasteiger partial charge in [0.1, 0.15) is 11.6 Å². The third-order valence-corrected chi connectivity index (χ3v) is 5.81. The van der Waals surface area contributed by atoms with E-state index in [1.807, 2.05) is 48.5 Å². The quantitative estimate of drug-likeness (QED) is 0.633. The van der Waals surface area contributed by atoms with Crippen LogP contribution in [0.2, 0.25) is 0 Å². The molecule has 3 aromatic carbocycles. The maximum Gasteiger partial charge on any atom is 0.251 e. The van der Waals surface area contributed by atoms with Crippen molar-refractivity contribution in [2.75, 3.05) is 25.0 Å². The highest BCUT2D eigenvalue weighted by atomic mass is 16.5. The van der Waals surface area contributed by atoms with E-state index in [9.17, 15) is 4.79 Å². The van der Waals surface area contributed by atoms with Gasteiger partial charge in [-0.2, -0.15) is 0 Å². The Hall–Kier alpha value is -3.86. The number of anilines is 1. The topological polar surface area (TPSA) is 62.7 Å². The van der Waals surface area contributed by atoms with E-state index in [1.165, 1.54) is 11.1 Å². The minimum atomic E-state index is -0.105. The van der Waals surface area contributed by atoms with E-state index >= 15 is 0 Å². The van der Waals surface area contributed by atoms with E-state index in [4.69, 9.17) is 4.74 Å². The number of carbonyl (C=O) groups is 1. The minimum absolute atomic E-state index is 0.105. The lowest BCUT2D eigenvalue weighted by Gasteiger charge is -2.10. The number of aliphatic imine (C=N–C) groups is 1. The van der Waals surface area contributed by atoms with Crippen molar-refractivity contribution in [2.24, 2.45) is 4.99 Å². The van der Waals surface area contributed by atoms with Gasteiger partial charge in [-0.25, -0.2) is 0 Å². The molecule has 2 N–H and O–H groups in total. The Labute approximate surface area is 187 Å². The van der Waals surface area contributed by atoms with Gasteiger partial charge in [-0.3, -0.25) is 9.79 Å². The fourth-order valence-corrected chi connectivity index (χ4v) is 4.08. The average molecular weight is 424 g/mol. The van der Waals surface area contributed by atoms with Crippen LogP contribution in [0.15, 0.2) is 77.3 Å². The highest BCUT2D eigenvalue weighted by Crippen LogP contribution is 2.32. The number of hydrogen-bond acceptors (Lipinski definition) is 4. The summed E-state index contributed by atoms with van der Waals surface area (Å²) in [5.41, 5.74) is 6.93. The summed E-state index contributed by atoms with van der Waals surface area (Å²) < 4.78 is 5.92. The molecule has 0 bridgehead atoms. The van der Waals surface area contributed by atoms with Gasteiger partial charge in [-0.05, 0) is 66.1 Å². The van der Waals surface area contributed by atoms with Gasteiger partial charge in [0.2, 0.25) is 0 Å². The molecular weight excluding hydrogens is 398 g/mol. The number of rotatable bonds is 4. The van der Waals surface area contributed by atoms with Crippen LogP contribution in [-0.2, 0) is 4.79 Å². The molecule has 0 unspecified atom stereocenters. The second-order valence-corrected chi connectivity index (χ2v) is 8.02. The Morgan fingerprint density at radius 2 is 1.84 bits per heavy atom. The maximum absolute atomic E-state index is 13.0. The molecule has 0 saturated heterocycles. The summed E-state index contributed by atoms with van der Waals surface area (Å²) in [6.45, 7) is 4.25. The maximum atomic E-state index is 13.0. The molecule has 0 atom stereocenters. The molecule has 2 aliphatic rings. The fraction of sp³-hybridized carbons (Fsp3) is 0.185. The predicted octanol–water partition coefficient (Wildman–Crippen LogP) is 4.82. The van der Waals surface area contributed by atoms with Crippen LogP contribution in [0.25, 0.3) is 17.2 Å². The molecule has 0 fully saturated rings. The van der Waals surface area contributed by atoms with E-state index in [2.05, 4.69) is 46.8 Å². The standard InChI is InChI=1S/C27H25N3O2/c1-18-4-2-3-5-24(18)20-8-11-25-22(16-20)17-21(12-15-32-25)27(31)30-23-9-6-19(7-10-23)26-28-13-14-29-26/h2-11,16-17H,12-15H2,1H3,(H,28,29)(H,30,31). The molecule has 5 heteroatoms. The first-order valence-corrected chi connectivity index (χ1v) is 10.9. The normalized spacial score (nSPS) is 14.9. The molecular formula is C27H25N3O2. The van der Waals surface area contributed by atoms with Crippen LogP contribution in [0.1, 0.15) is 23.1 Å². The molecule has 3 aromatic rings. The largest absolute Gasteiger partial charge is 0.493 e. The van der Waals surface area contributed by atoms with Crippen LogP contribution in [0.4, 0.5) is 5.69 Å². The number of ether oxygens (including phenoxy) is 1. The lowest BCUT2D eigenvalue weighted by Crippen LogP contribution is -2.19. The molecule has 0 saturated carbocycles. The third kappa shape index (κ3) is 4.14. The number of nitrogens with one attached hydrogen (secondary N) is 2. The second-order valence-electron chi connectivity index (χ2n) is 8.02. The summed E-state index contributed by atoms with van der Waals surface area (Å²) >= 11 is 0. The molecule has 5 rings (SSSR count). The van der Waals surface area contributed by atoms with Crippen molar-refractivity contribution in [2.45, 2.75) is 13.3 Å². The van der Waals surface area contributed by atoms with Crippen LogP contribution in [0.5, 0.6) is 5.75 Å². The van der Waals surface area contributed by atoms with E-state index < -0.39 is 0 Å². The Morgan fingerprint density at radius 1 is 1.03 bits per heavy atom. The Bertz CT molecular complexity index is 1230. The van der Waals surface area contributed by atoms with Crippen LogP contribution in [0, 0.1) is 6.92 Å². The van der Waals surface area contributed by atoms with Crippen LogP contribution in [0.3, 0.4) is 0 Å². The van der Waals surface area contributed by atoms with Crippen molar-refractivity contribution in [3.05, 3.63) is 89.0 Å². The zero-order valence-corrected chi connectivity index (χ0v) is 18.0. The number of aryl methyl sites for hydroxylation is 1. The number of fused-ring (bicyclic) bond motifs is 1. The molecule has 1 amide bonds. The van der Waals surface area contributed by atoms with Crippen LogP contribution < -0.4 is 15.4 Å². The highest BCUT2D eigenvalue weighted by molar-refractivity contribution is 6.07. The van der Waals surface area contributed by atoms with Gasteiger partial charge in [0.15, 0.2) is 0 Å². The molecule has 0 aliphatic carbocycles. The van der Waals surface area contributed by atoms with Crippen molar-refractivity contribution >= 4 is 23.5 Å². The molecule has 0 aromatic heterocycles. The third-order valence-electron chi connectivity index (χ3n) is 5.81. The molecule has 0 radical (unpaired) electrons. The van der Waals surface area contributed by atoms with Gasteiger partial charge in [-0.15, -0.1) is 0 Å². The summed E-state index contributed by atoms with van der Waals surface area (Å²) in [5, 5.41) is 6.28. The van der Waals surface area contributed by atoms with Gasteiger partial charge in [0, 0.05) is 35.4 Å². The van der Waals surface area contributed by atoms with Crippen molar-refractivity contribution in [1.29, 1.82) is 0 Å². The lowest BCUT2D eigenvalue weighted by molar-refractivity contribution is -0.113. The average Bonchev–Trinajstić information content (AvgIpc) is 3.26. The summed E-state index contributed by atoms with van der Waals surface area (Å²) in [5.74, 6) is 1.61. The van der Waals surface area contributed by atoms with Gasteiger partial charge in [0.25, 0.3) is 5.91 Å². The van der Waals surface area contributed by atoms with E-state index in [0.29, 0.717) is 18.6 Å². The number of benzene rings is 3. The SMILES string of the molecule is Cc1ccccc1-c1ccc2c(c1)C=C(C(=O)Nc1ccc(C3=NCCN3)cc1)CCO2. The van der Waals surface area contributed by atoms with Crippen LogP contribution in [-0.4, -0.2) is 31.4 Å². The highest BCUT2D eigenvalue weighted by Gasteiger charge is 2.17. The summed E-state index contributed by atoms with van der Waals surface area (Å²) in [4.78, 5) is 17.4. The number of carbonyl (C=O) groups excluding carboxylic acids is 1. The van der Waals surface area contributed by atoms with Gasteiger partial charge in [0.05, 0.1) is 13.2 Å². The van der Waals surface area contributed by atoms with Gasteiger partial charge < -0.3 is 15.4 Å². The molecule has 5 nitrogen and oxygen atoms in total. The Morgan fingerprint density at radius 3 is 2.62 bits per heavy atom. The number of amides is 1.